The maximum atomic E-state index is 12.3. The largest absolute Gasteiger partial charge is 0.361 e. The van der Waals surface area contributed by atoms with E-state index < -0.39 is 21.6 Å². The zero-order valence-corrected chi connectivity index (χ0v) is 15.8. The molecule has 1 aliphatic rings. The Bertz CT molecular complexity index is 734. The Balaban J connectivity index is 1.73. The molecule has 26 heavy (non-hydrogen) atoms. The molecule has 0 aromatic heterocycles. The van der Waals surface area contributed by atoms with Crippen LogP contribution < -0.4 is 10.0 Å². The van der Waals surface area contributed by atoms with Gasteiger partial charge in [0.25, 0.3) is 0 Å². The molecule has 1 saturated heterocycles. The number of rotatable bonds is 9. The second-order valence-corrected chi connectivity index (χ2v) is 8.51. The molecule has 0 aliphatic carbocycles. The zero-order chi connectivity index (χ0) is 19.2. The van der Waals surface area contributed by atoms with E-state index in [-0.39, 0.29) is 31.4 Å². The summed E-state index contributed by atoms with van der Waals surface area (Å²) in [7, 11) is -3.48. The predicted molar refractivity (Wildman–Crippen MR) is 96.7 cm³/mol. The van der Waals surface area contributed by atoms with Crippen LogP contribution in [0.5, 0.6) is 0 Å². The summed E-state index contributed by atoms with van der Waals surface area (Å²) < 4.78 is 32.6. The summed E-state index contributed by atoms with van der Waals surface area (Å²) in [4.78, 5) is 23.9. The van der Waals surface area contributed by atoms with Crippen molar-refractivity contribution in [3.8, 4) is 0 Å². The van der Waals surface area contributed by atoms with Crippen LogP contribution in [0.4, 0.5) is 4.79 Å². The molecule has 1 heterocycles. The Morgan fingerprint density at radius 2 is 1.92 bits per heavy atom. The summed E-state index contributed by atoms with van der Waals surface area (Å²) in [6, 6.07) is 8.87. The first kappa shape index (κ1) is 20.3. The fraction of sp³-hybridized carbons (Fsp3) is 0.529. The van der Waals surface area contributed by atoms with Crippen LogP contribution in [-0.4, -0.2) is 50.9 Å². The Labute approximate surface area is 153 Å². The van der Waals surface area contributed by atoms with Crippen molar-refractivity contribution < 1.29 is 22.7 Å². The Morgan fingerprint density at radius 3 is 2.58 bits per heavy atom. The molecule has 9 heteroatoms. The maximum Gasteiger partial charge on any atom is 0.325 e. The van der Waals surface area contributed by atoms with Crippen molar-refractivity contribution in [2.75, 3.05) is 25.6 Å². The molecule has 2 N–H and O–H groups in total. The number of hydrogen-bond acceptors (Lipinski definition) is 5. The van der Waals surface area contributed by atoms with Gasteiger partial charge in [0.15, 0.2) is 0 Å². The summed E-state index contributed by atoms with van der Waals surface area (Å²) in [5.74, 6) is -0.377. The van der Waals surface area contributed by atoms with Gasteiger partial charge in [-0.05, 0) is 25.8 Å². The average molecular weight is 383 g/mol. The first-order valence-corrected chi connectivity index (χ1v) is 10.1. The molecule has 0 unspecified atom stereocenters. The van der Waals surface area contributed by atoms with Gasteiger partial charge in [0.1, 0.15) is 6.73 Å². The zero-order valence-electron chi connectivity index (χ0n) is 15.0. The molecule has 1 aliphatic heterocycles. The van der Waals surface area contributed by atoms with Crippen molar-refractivity contribution in [2.45, 2.75) is 32.2 Å². The quantitative estimate of drug-likeness (QED) is 0.623. The standard InChI is InChI=1S/C17H25N3O5S/c1-17(2,14-7-4-3-5-8-14)19-26(23,24)12-6-11-25-13-20-10-9-15(21)18-16(20)22/h3-5,7-8,19H,6,9-13H2,1-2H3,(H,18,21,22). The van der Waals surface area contributed by atoms with Gasteiger partial charge < -0.3 is 9.64 Å². The van der Waals surface area contributed by atoms with Gasteiger partial charge >= 0.3 is 6.03 Å². The van der Waals surface area contributed by atoms with E-state index in [2.05, 4.69) is 10.0 Å². The van der Waals surface area contributed by atoms with E-state index in [1.54, 1.807) is 0 Å². The predicted octanol–water partition coefficient (Wildman–Crippen LogP) is 1.15. The normalized spacial score (nSPS) is 15.8. The first-order valence-electron chi connectivity index (χ1n) is 8.43. The second-order valence-electron chi connectivity index (χ2n) is 6.67. The van der Waals surface area contributed by atoms with Gasteiger partial charge in [-0.15, -0.1) is 0 Å². The number of carbonyl (C=O) groups excluding carboxylic acids is 2. The summed E-state index contributed by atoms with van der Waals surface area (Å²) in [5, 5.41) is 2.20. The number of carbonyl (C=O) groups is 2. The van der Waals surface area contributed by atoms with E-state index in [9.17, 15) is 18.0 Å². The van der Waals surface area contributed by atoms with Crippen molar-refractivity contribution in [1.82, 2.24) is 14.9 Å². The van der Waals surface area contributed by atoms with Crippen LogP contribution in [0, 0.1) is 0 Å². The summed E-state index contributed by atoms with van der Waals surface area (Å²) >= 11 is 0. The number of sulfonamides is 1. The van der Waals surface area contributed by atoms with E-state index in [0.717, 1.165) is 5.56 Å². The van der Waals surface area contributed by atoms with Gasteiger partial charge in [-0.2, -0.15) is 0 Å². The molecule has 0 bridgehead atoms. The van der Waals surface area contributed by atoms with Crippen LogP contribution in [0.25, 0.3) is 0 Å². The number of amides is 3. The molecule has 2 rings (SSSR count). The van der Waals surface area contributed by atoms with E-state index in [4.69, 9.17) is 4.74 Å². The SMILES string of the molecule is CC(C)(NS(=O)(=O)CCCOCN1CCC(=O)NC1=O)c1ccccc1. The first-order chi connectivity index (χ1) is 12.2. The van der Waals surface area contributed by atoms with Crippen molar-refractivity contribution in [2.24, 2.45) is 0 Å². The number of nitrogens with one attached hydrogen (secondary N) is 2. The molecule has 3 amide bonds. The van der Waals surface area contributed by atoms with Crippen LogP contribution in [0.2, 0.25) is 0 Å². The smallest absolute Gasteiger partial charge is 0.325 e. The number of hydrogen-bond donors (Lipinski definition) is 2. The van der Waals surface area contributed by atoms with Gasteiger partial charge in [-0.25, -0.2) is 17.9 Å². The lowest BCUT2D eigenvalue weighted by atomic mass is 9.96. The molecule has 0 saturated carbocycles. The highest BCUT2D eigenvalue weighted by molar-refractivity contribution is 7.89. The number of benzene rings is 1. The lowest BCUT2D eigenvalue weighted by Crippen LogP contribution is -2.50. The lowest BCUT2D eigenvalue weighted by molar-refractivity contribution is -0.122. The maximum absolute atomic E-state index is 12.3. The summed E-state index contributed by atoms with van der Waals surface area (Å²) in [5.41, 5.74) is 0.171. The fourth-order valence-corrected chi connectivity index (χ4v) is 4.10. The number of imide groups is 1. The molecule has 0 spiro atoms. The number of nitrogens with zero attached hydrogens (tertiary/aromatic N) is 1. The minimum atomic E-state index is -3.48. The van der Waals surface area contributed by atoms with Gasteiger partial charge in [-0.1, -0.05) is 30.3 Å². The highest BCUT2D eigenvalue weighted by Gasteiger charge is 2.26. The van der Waals surface area contributed by atoms with Crippen LogP contribution >= 0.6 is 0 Å². The lowest BCUT2D eigenvalue weighted by Gasteiger charge is -2.27. The number of urea groups is 1. The topological polar surface area (TPSA) is 105 Å². The monoisotopic (exact) mass is 383 g/mol. The van der Waals surface area contributed by atoms with E-state index in [1.165, 1.54) is 4.90 Å². The summed E-state index contributed by atoms with van der Waals surface area (Å²) in [6.07, 6.45) is 0.538. The van der Waals surface area contributed by atoms with Crippen LogP contribution in [-0.2, 0) is 25.1 Å². The van der Waals surface area contributed by atoms with Gasteiger partial charge in [0.05, 0.1) is 11.3 Å². The fourth-order valence-electron chi connectivity index (χ4n) is 2.60. The highest BCUT2D eigenvalue weighted by atomic mass is 32.2. The second kappa shape index (κ2) is 8.61. The molecule has 144 valence electrons. The Morgan fingerprint density at radius 1 is 1.23 bits per heavy atom. The van der Waals surface area contributed by atoms with Crippen molar-refractivity contribution in [1.29, 1.82) is 0 Å². The molecular formula is C17H25N3O5S. The molecule has 0 atom stereocenters. The minimum Gasteiger partial charge on any atom is -0.361 e. The van der Waals surface area contributed by atoms with Crippen molar-refractivity contribution >= 4 is 22.0 Å². The molecule has 1 aromatic carbocycles. The average Bonchev–Trinajstić information content (AvgIpc) is 2.56. The minimum absolute atomic E-state index is 0.0299. The van der Waals surface area contributed by atoms with Crippen LogP contribution in [0.3, 0.4) is 0 Å². The molecule has 8 nitrogen and oxygen atoms in total. The van der Waals surface area contributed by atoms with E-state index in [1.807, 2.05) is 44.2 Å². The van der Waals surface area contributed by atoms with E-state index in [0.29, 0.717) is 13.0 Å². The molecule has 1 aromatic rings. The molecule has 0 radical (unpaired) electrons. The third kappa shape index (κ3) is 6.08. The van der Waals surface area contributed by atoms with Crippen molar-refractivity contribution in [3.05, 3.63) is 35.9 Å². The third-order valence-corrected chi connectivity index (χ3v) is 5.64. The van der Waals surface area contributed by atoms with Crippen LogP contribution in [0.15, 0.2) is 30.3 Å². The highest BCUT2D eigenvalue weighted by Crippen LogP contribution is 2.20. The van der Waals surface area contributed by atoms with Crippen LogP contribution in [0.1, 0.15) is 32.3 Å². The van der Waals surface area contributed by atoms with E-state index >= 15 is 0 Å². The Hall–Kier alpha value is -1.97. The van der Waals surface area contributed by atoms with Gasteiger partial charge in [0.2, 0.25) is 15.9 Å². The molecule has 1 fully saturated rings. The third-order valence-electron chi connectivity index (χ3n) is 4.00. The van der Waals surface area contributed by atoms with Crippen molar-refractivity contribution in [3.63, 3.8) is 0 Å². The number of ether oxygens (including phenoxy) is 1. The Kier molecular flexibility index (Phi) is 6.74. The van der Waals surface area contributed by atoms with Gasteiger partial charge in [-0.3, -0.25) is 10.1 Å². The summed E-state index contributed by atoms with van der Waals surface area (Å²) in [6.45, 7) is 4.15. The van der Waals surface area contributed by atoms with Gasteiger partial charge in [0, 0.05) is 19.6 Å². The molecular weight excluding hydrogens is 358 g/mol.